The second-order valence-corrected chi connectivity index (χ2v) is 14.7. The molecule has 0 saturated carbocycles. The molecule has 0 aliphatic rings. The van der Waals surface area contributed by atoms with Gasteiger partial charge in [-0.15, -0.1) is 0 Å². The lowest BCUT2D eigenvalue weighted by Crippen LogP contribution is -2.41. The molecular weight excluding hydrogens is 590 g/mol. The lowest BCUT2D eigenvalue weighted by atomic mass is 10.0. The molecule has 0 bridgehead atoms. The Bertz CT molecular complexity index is 691. The minimum absolute atomic E-state index is 0.0154. The van der Waals surface area contributed by atoms with Crippen LogP contribution < -0.4 is 0 Å². The predicted octanol–water partition coefficient (Wildman–Crippen LogP) is 9.31. The van der Waals surface area contributed by atoms with Gasteiger partial charge < -0.3 is 18.7 Å². The molecule has 0 aromatic heterocycles. The molecule has 0 aromatic rings. The summed E-state index contributed by atoms with van der Waals surface area (Å²) in [6.07, 6.45) is 30.5. The van der Waals surface area contributed by atoms with Crippen LogP contribution in [0.5, 0.6) is 0 Å². The number of nitrogens with zero attached hydrogens (tertiary/aromatic N) is 1. The second kappa shape index (κ2) is 33.6. The third-order valence-electron chi connectivity index (χ3n) is 8.49. The number of quaternary nitrogens is 1. The second-order valence-electron chi connectivity index (χ2n) is 13.6. The summed E-state index contributed by atoms with van der Waals surface area (Å²) in [5.74, 6) is 0. The molecule has 0 radical (unpaired) electrons. The summed E-state index contributed by atoms with van der Waals surface area (Å²) >= 11 is 0. The summed E-state index contributed by atoms with van der Waals surface area (Å²) in [6.45, 7) is 9.27. The molecule has 0 aromatic carbocycles. The zero-order valence-electron chi connectivity index (χ0n) is 30.1. The highest BCUT2D eigenvalue weighted by molar-refractivity contribution is 7.80. The van der Waals surface area contributed by atoms with E-state index in [0.717, 1.165) is 63.0 Å². The predicted molar refractivity (Wildman–Crippen MR) is 188 cm³/mol. The third-order valence-corrected chi connectivity index (χ3v) is 8.95. The van der Waals surface area contributed by atoms with Gasteiger partial charge in [-0.1, -0.05) is 96.8 Å². The number of hydrogen-bond acceptors (Lipinski definition) is 6. The Kier molecular flexibility index (Phi) is 33.4. The van der Waals surface area contributed by atoms with Gasteiger partial charge in [0.2, 0.25) is 0 Å². The van der Waals surface area contributed by atoms with Crippen LogP contribution >= 0.6 is 0 Å². The fourth-order valence-corrected chi connectivity index (χ4v) is 5.87. The van der Waals surface area contributed by atoms with Crippen LogP contribution in [0.1, 0.15) is 161 Å². The monoisotopic (exact) mass is 667 g/mol. The summed E-state index contributed by atoms with van der Waals surface area (Å²) in [6, 6.07) is 0. The molecule has 1 N–H and O–H groups in total. The molecule has 0 fully saturated rings. The number of hydrogen-bond donors (Lipinski definition) is 1. The average Bonchev–Trinajstić information content (AvgIpc) is 2.99. The topological polar surface area (TPSA) is 91.3 Å². The largest absolute Gasteiger partial charge is 0.397 e. The van der Waals surface area contributed by atoms with Crippen LogP contribution in [-0.2, 0) is 28.8 Å². The Morgan fingerprint density at radius 2 is 0.689 bits per heavy atom. The van der Waals surface area contributed by atoms with Gasteiger partial charge in [0.1, 0.15) is 0 Å². The van der Waals surface area contributed by atoms with Crippen molar-refractivity contribution in [2.24, 2.45) is 0 Å². The zero-order valence-corrected chi connectivity index (χ0v) is 30.9. The van der Waals surface area contributed by atoms with Crippen LogP contribution in [0.25, 0.3) is 0 Å². The minimum Gasteiger partial charge on any atom is -0.381 e. The van der Waals surface area contributed by atoms with Crippen molar-refractivity contribution in [1.29, 1.82) is 0 Å². The van der Waals surface area contributed by atoms with Gasteiger partial charge >= 0.3 is 10.4 Å². The molecular formula is C36H76NO7S+. The molecule has 0 saturated heterocycles. The van der Waals surface area contributed by atoms with E-state index in [2.05, 4.69) is 25.2 Å². The number of rotatable bonds is 38. The van der Waals surface area contributed by atoms with E-state index >= 15 is 0 Å². The number of unbranched alkanes of at least 4 members (excludes halogenated alkanes) is 19. The maximum Gasteiger partial charge on any atom is 0.397 e. The van der Waals surface area contributed by atoms with Gasteiger partial charge in [0, 0.05) is 39.6 Å². The lowest BCUT2D eigenvalue weighted by Gasteiger charge is -2.30. The molecule has 0 atom stereocenters. The van der Waals surface area contributed by atoms with Crippen molar-refractivity contribution in [3.05, 3.63) is 0 Å². The summed E-state index contributed by atoms with van der Waals surface area (Å²) < 4.78 is 51.7. The molecule has 9 heteroatoms. The van der Waals surface area contributed by atoms with Crippen LogP contribution in [-0.4, -0.2) is 90.9 Å². The molecule has 0 unspecified atom stereocenters. The fraction of sp³-hybridized carbons (Fsp3) is 1.00. The molecule has 8 nitrogen and oxygen atoms in total. The van der Waals surface area contributed by atoms with Crippen molar-refractivity contribution in [2.45, 2.75) is 161 Å². The highest BCUT2D eigenvalue weighted by Crippen LogP contribution is 2.14. The van der Waals surface area contributed by atoms with Gasteiger partial charge in [0.25, 0.3) is 0 Å². The van der Waals surface area contributed by atoms with Crippen LogP contribution in [0.2, 0.25) is 0 Å². The summed E-state index contributed by atoms with van der Waals surface area (Å²) in [4.78, 5) is 0. The van der Waals surface area contributed by atoms with Gasteiger partial charge in [-0.3, -0.25) is 4.55 Å². The smallest absolute Gasteiger partial charge is 0.381 e. The summed E-state index contributed by atoms with van der Waals surface area (Å²) in [7, 11) is 0.444. The summed E-state index contributed by atoms with van der Waals surface area (Å²) in [5, 5.41) is 0. The van der Waals surface area contributed by atoms with Crippen LogP contribution in [0, 0.1) is 0 Å². The van der Waals surface area contributed by atoms with E-state index in [-0.39, 0.29) is 6.61 Å². The van der Waals surface area contributed by atoms with E-state index in [1.54, 1.807) is 0 Å². The van der Waals surface area contributed by atoms with Crippen LogP contribution in [0.4, 0.5) is 0 Å². The molecule has 0 rings (SSSR count). The summed E-state index contributed by atoms with van der Waals surface area (Å²) in [5.41, 5.74) is 0. The van der Waals surface area contributed by atoms with Gasteiger partial charge in [0.05, 0.1) is 33.8 Å². The molecule has 45 heavy (non-hydrogen) atoms. The van der Waals surface area contributed by atoms with Gasteiger partial charge in [-0.05, 0) is 64.2 Å². The Morgan fingerprint density at radius 3 is 1.02 bits per heavy atom. The van der Waals surface area contributed by atoms with Crippen LogP contribution in [0.15, 0.2) is 0 Å². The van der Waals surface area contributed by atoms with Crippen molar-refractivity contribution < 1.29 is 35.8 Å². The quantitative estimate of drug-likeness (QED) is 0.0399. The third kappa shape index (κ3) is 39.8. The van der Waals surface area contributed by atoms with Gasteiger partial charge in [-0.25, -0.2) is 4.18 Å². The molecule has 0 spiro atoms. The molecule has 0 heterocycles. The average molecular weight is 667 g/mol. The Hall–Kier alpha value is -0.290. The Labute approximate surface area is 280 Å². The highest BCUT2D eigenvalue weighted by Gasteiger charge is 2.13. The molecule has 0 amide bonds. The van der Waals surface area contributed by atoms with Gasteiger partial charge in [0.15, 0.2) is 0 Å². The van der Waals surface area contributed by atoms with E-state index in [1.807, 2.05) is 0 Å². The van der Waals surface area contributed by atoms with Crippen molar-refractivity contribution in [3.8, 4) is 0 Å². The van der Waals surface area contributed by atoms with E-state index in [0.29, 0.717) is 26.1 Å². The standard InChI is InChI=1S/C36H75NO7S/c1-4-5-6-7-8-9-10-11-12-13-14-15-16-17-18-19-28-37(2,3)29-20-21-30-41-31-22-23-32-42-33-24-25-34-43-35-26-27-36-44-45(38,39)40/h4-36H2,1-3H3/p+1. The minimum atomic E-state index is -4.32. The van der Waals surface area contributed by atoms with Gasteiger partial charge in [-0.2, -0.15) is 8.42 Å². The number of ether oxygens (including phenoxy) is 3. The normalized spacial score (nSPS) is 12.4. The maximum absolute atomic E-state index is 10.4. The Morgan fingerprint density at radius 1 is 0.422 bits per heavy atom. The van der Waals surface area contributed by atoms with Crippen molar-refractivity contribution in [1.82, 2.24) is 0 Å². The van der Waals surface area contributed by atoms with Crippen molar-refractivity contribution in [3.63, 3.8) is 0 Å². The lowest BCUT2D eigenvalue weighted by molar-refractivity contribution is -0.890. The Balaban J connectivity index is 3.27. The molecule has 0 aliphatic heterocycles. The van der Waals surface area contributed by atoms with Crippen molar-refractivity contribution in [2.75, 3.05) is 73.4 Å². The van der Waals surface area contributed by atoms with Crippen LogP contribution in [0.3, 0.4) is 0 Å². The van der Waals surface area contributed by atoms with E-state index in [9.17, 15) is 8.42 Å². The van der Waals surface area contributed by atoms with E-state index in [1.165, 1.54) is 122 Å². The first-order valence-corrected chi connectivity index (χ1v) is 20.3. The molecule has 272 valence electrons. The SMILES string of the molecule is CCCCCCCCCCCCCCCCCC[N+](C)(C)CCCCOCCCCOCCCCOCCCCOS(=O)(=O)O. The first-order chi connectivity index (χ1) is 21.8. The maximum atomic E-state index is 10.4. The first kappa shape index (κ1) is 44.7. The van der Waals surface area contributed by atoms with E-state index in [4.69, 9.17) is 18.8 Å². The van der Waals surface area contributed by atoms with Crippen molar-refractivity contribution >= 4 is 10.4 Å². The highest BCUT2D eigenvalue weighted by atomic mass is 32.3. The van der Waals surface area contributed by atoms with E-state index < -0.39 is 10.4 Å². The molecule has 0 aliphatic carbocycles. The zero-order chi connectivity index (χ0) is 33.2. The fourth-order valence-electron chi connectivity index (χ4n) is 5.54. The first-order valence-electron chi connectivity index (χ1n) is 18.9.